The van der Waals surface area contributed by atoms with E-state index in [0.717, 1.165) is 53.7 Å². The normalized spacial score (nSPS) is 10.5. The molecule has 0 fully saturated rings. The molecule has 4 aromatic heterocycles. The maximum Gasteiger partial charge on any atom is 4.00 e. The summed E-state index contributed by atoms with van der Waals surface area (Å²) in [6, 6.07) is 19.3. The first kappa shape index (κ1) is 30.3. The van der Waals surface area contributed by atoms with Crippen LogP contribution in [0.2, 0.25) is 10.0 Å². The number of hydrogen-bond donors (Lipinski definition) is 0. The second-order valence-corrected chi connectivity index (χ2v) is 8.71. The topological polar surface area (TPSA) is 160 Å². The fourth-order valence-electron chi connectivity index (χ4n) is 3.47. The number of rotatable bonds is 0. The minimum atomic E-state index is -5.17. The zero-order valence-electron chi connectivity index (χ0n) is 18.5. The Balaban J connectivity index is 0.000000212. The Hall–Kier alpha value is -2.93. The first-order chi connectivity index (χ1) is 16.7. The van der Waals surface area contributed by atoms with Crippen LogP contribution in [0.5, 0.6) is 0 Å². The molecule has 0 bridgehead atoms. The molecule has 37 heavy (non-hydrogen) atoms. The smallest absolute Gasteiger partial charge is 2.00 e. The van der Waals surface area contributed by atoms with Gasteiger partial charge in [0, 0.05) is 56.7 Å². The van der Waals surface area contributed by atoms with E-state index in [0.29, 0.717) is 0 Å². The Bertz CT molecular complexity index is 1670. The number of halogens is 2. The average molecular weight is 592 g/mol. The zero-order chi connectivity index (χ0) is 25.0. The second kappa shape index (κ2) is 13.0. The molecule has 0 saturated heterocycles. The molecule has 0 unspecified atom stereocenters. The monoisotopic (exact) mass is 591 g/mol. The summed E-state index contributed by atoms with van der Waals surface area (Å²) in [5.41, 5.74) is 3.52. The van der Waals surface area contributed by atoms with E-state index < -0.39 is 10.4 Å². The van der Waals surface area contributed by atoms with Gasteiger partial charge in [0.1, 0.15) is 0 Å². The maximum atomic E-state index is 8.52. The Kier molecular flexibility index (Phi) is 10.7. The van der Waals surface area contributed by atoms with Crippen LogP contribution in [-0.4, -0.2) is 37.5 Å². The van der Waals surface area contributed by atoms with Crippen molar-refractivity contribution in [1.29, 1.82) is 0 Å². The summed E-state index contributed by atoms with van der Waals surface area (Å²) in [7, 11) is -5.17. The molecule has 0 amide bonds. The van der Waals surface area contributed by atoms with E-state index >= 15 is 0 Å². The van der Waals surface area contributed by atoms with Crippen LogP contribution in [0.15, 0.2) is 85.5 Å². The molecule has 0 aliphatic heterocycles. The van der Waals surface area contributed by atoms with Gasteiger partial charge >= 0.3 is 18.6 Å². The van der Waals surface area contributed by atoms with Gasteiger partial charge in [-0.15, -0.1) is 0 Å². The fourth-order valence-corrected chi connectivity index (χ4v) is 4.01. The Morgan fingerprint density at radius 2 is 0.892 bits per heavy atom. The number of hydrogen-bond acceptors (Lipinski definition) is 8. The summed E-state index contributed by atoms with van der Waals surface area (Å²) in [4.78, 5) is 17.3. The van der Waals surface area contributed by atoms with Gasteiger partial charge in [-0.3, -0.25) is 28.4 Å². The van der Waals surface area contributed by atoms with Gasteiger partial charge in [0.05, 0.1) is 32.1 Å². The Labute approximate surface area is 233 Å². The standard InChI is InChI=1S/2C12H7ClN2.H2O4S.O.V/c2*13-10-7-8-3-1-5-14-11(8)12-9(10)4-2-6-15-12;1-5(2,3)4;;/h2*1-7H;(H2,1,2,3,4);;/q;;;-2;+4/p-2. The van der Waals surface area contributed by atoms with Crippen molar-refractivity contribution in [2.24, 2.45) is 0 Å². The van der Waals surface area contributed by atoms with E-state index in [1.165, 1.54) is 0 Å². The van der Waals surface area contributed by atoms with Crippen LogP contribution in [0.3, 0.4) is 0 Å². The van der Waals surface area contributed by atoms with Gasteiger partial charge in [-0.25, -0.2) is 0 Å². The molecule has 0 atom stereocenters. The fraction of sp³-hybridized carbons (Fsp3) is 0. The SMILES string of the molecule is Clc1cc2cccnc2c2ncccc12.Clc1cc2cccnc2c2ncccc12.O=S(=O)([O-])[O-].[O-2].[V+4]. The molecule has 9 nitrogen and oxygen atoms in total. The third-order valence-corrected chi connectivity index (χ3v) is 5.45. The van der Waals surface area contributed by atoms with Crippen LogP contribution >= 0.6 is 23.2 Å². The minimum absolute atomic E-state index is 0. The molecule has 0 N–H and O–H groups in total. The number of aromatic nitrogens is 4. The minimum Gasteiger partial charge on any atom is -2.00 e. The molecule has 0 saturated carbocycles. The van der Waals surface area contributed by atoms with E-state index in [1.54, 1.807) is 24.8 Å². The van der Waals surface area contributed by atoms with Gasteiger partial charge in [0.25, 0.3) is 0 Å². The summed E-state index contributed by atoms with van der Waals surface area (Å²) >= 11 is 12.3. The van der Waals surface area contributed by atoms with E-state index in [1.807, 2.05) is 60.7 Å². The van der Waals surface area contributed by atoms with Crippen molar-refractivity contribution in [1.82, 2.24) is 19.9 Å². The van der Waals surface area contributed by atoms with Crippen LogP contribution in [0.1, 0.15) is 0 Å². The molecule has 6 rings (SSSR count). The van der Waals surface area contributed by atoms with Crippen molar-refractivity contribution in [3.63, 3.8) is 0 Å². The third kappa shape index (κ3) is 7.54. The van der Waals surface area contributed by atoms with Crippen LogP contribution < -0.4 is 0 Å². The maximum absolute atomic E-state index is 8.52. The zero-order valence-corrected chi connectivity index (χ0v) is 22.2. The molecule has 13 heteroatoms. The third-order valence-electron chi connectivity index (χ3n) is 4.82. The molecular weight excluding hydrogens is 578 g/mol. The molecule has 0 aliphatic carbocycles. The molecule has 2 aromatic carbocycles. The summed E-state index contributed by atoms with van der Waals surface area (Å²) in [5, 5.41) is 5.38. The molecule has 0 spiro atoms. The van der Waals surface area contributed by atoms with Gasteiger partial charge in [-0.05, 0) is 48.5 Å². The average Bonchev–Trinajstić information content (AvgIpc) is 2.84. The van der Waals surface area contributed by atoms with Crippen molar-refractivity contribution >= 4 is 77.2 Å². The summed E-state index contributed by atoms with van der Waals surface area (Å²) in [6.07, 6.45) is 7.05. The van der Waals surface area contributed by atoms with Crippen LogP contribution in [0.4, 0.5) is 0 Å². The second-order valence-electron chi connectivity index (χ2n) is 7.07. The van der Waals surface area contributed by atoms with Crippen molar-refractivity contribution in [3.8, 4) is 0 Å². The molecule has 1 radical (unpaired) electrons. The Morgan fingerprint density at radius 1 is 0.595 bits per heavy atom. The summed E-state index contributed by atoms with van der Waals surface area (Å²) in [5.74, 6) is 0. The van der Waals surface area contributed by atoms with Crippen LogP contribution in [0, 0.1) is 0 Å². The van der Waals surface area contributed by atoms with E-state index in [4.69, 9.17) is 40.7 Å². The van der Waals surface area contributed by atoms with Gasteiger partial charge in [0.2, 0.25) is 0 Å². The molecule has 4 heterocycles. The van der Waals surface area contributed by atoms with Crippen molar-refractivity contribution < 1.29 is 41.6 Å². The summed E-state index contributed by atoms with van der Waals surface area (Å²) < 4.78 is 34.1. The number of nitrogens with zero attached hydrogens (tertiary/aromatic N) is 4. The Morgan fingerprint density at radius 3 is 1.24 bits per heavy atom. The van der Waals surface area contributed by atoms with Crippen molar-refractivity contribution in [3.05, 3.63) is 95.5 Å². The van der Waals surface area contributed by atoms with Crippen molar-refractivity contribution in [2.45, 2.75) is 0 Å². The van der Waals surface area contributed by atoms with Gasteiger partial charge in [-0.2, -0.15) is 0 Å². The predicted molar refractivity (Wildman–Crippen MR) is 135 cm³/mol. The number of pyridine rings is 4. The van der Waals surface area contributed by atoms with Crippen LogP contribution in [-0.2, 0) is 34.4 Å². The van der Waals surface area contributed by atoms with Crippen LogP contribution in [0.25, 0.3) is 43.6 Å². The van der Waals surface area contributed by atoms with Gasteiger partial charge in [0.15, 0.2) is 0 Å². The van der Waals surface area contributed by atoms with E-state index in [9.17, 15) is 0 Å². The predicted octanol–water partition coefficient (Wildman–Crippen LogP) is 5.41. The summed E-state index contributed by atoms with van der Waals surface area (Å²) in [6.45, 7) is 0. The van der Waals surface area contributed by atoms with E-state index in [-0.39, 0.29) is 24.0 Å². The largest absolute Gasteiger partial charge is 4.00 e. The van der Waals surface area contributed by atoms with Gasteiger partial charge < -0.3 is 14.6 Å². The van der Waals surface area contributed by atoms with Gasteiger partial charge in [-0.1, -0.05) is 35.3 Å². The molecular formula is C24H14Cl2N4O5SV. The quantitative estimate of drug-likeness (QED) is 0.129. The molecule has 6 aromatic rings. The first-order valence-electron chi connectivity index (χ1n) is 9.95. The molecule has 185 valence electrons. The first-order valence-corrected chi connectivity index (χ1v) is 12.0. The van der Waals surface area contributed by atoms with E-state index in [2.05, 4.69) is 19.9 Å². The number of benzene rings is 2. The number of fused-ring (bicyclic) bond motifs is 6. The van der Waals surface area contributed by atoms with Crippen molar-refractivity contribution in [2.75, 3.05) is 0 Å². The molecule has 0 aliphatic rings.